The number of amides is 4. The minimum absolute atomic E-state index is 0.0351. The predicted molar refractivity (Wildman–Crippen MR) is 124 cm³/mol. The Kier molecular flexibility index (Phi) is 7.03. The molecule has 174 valence electrons. The summed E-state index contributed by atoms with van der Waals surface area (Å²) >= 11 is 1.53. The maximum atomic E-state index is 12.7. The molecule has 4 amide bonds. The van der Waals surface area contributed by atoms with E-state index >= 15 is 0 Å². The van der Waals surface area contributed by atoms with Crippen LogP contribution in [0.5, 0.6) is 0 Å². The van der Waals surface area contributed by atoms with Crippen molar-refractivity contribution in [2.75, 3.05) is 39.4 Å². The Morgan fingerprint density at radius 2 is 1.58 bits per heavy atom. The van der Waals surface area contributed by atoms with Crippen LogP contribution in [0.25, 0.3) is 6.08 Å². The zero-order chi connectivity index (χ0) is 23.4. The van der Waals surface area contributed by atoms with Crippen LogP contribution in [0.15, 0.2) is 53.3 Å². The van der Waals surface area contributed by atoms with Gasteiger partial charge in [0.2, 0.25) is 10.0 Å². The Hall–Kier alpha value is -2.86. The zero-order valence-electron chi connectivity index (χ0n) is 17.9. The fourth-order valence-corrected chi connectivity index (χ4v) is 5.56. The van der Waals surface area contributed by atoms with Crippen molar-refractivity contribution in [3.63, 3.8) is 0 Å². The predicted octanol–water partition coefficient (Wildman–Crippen LogP) is 1.66. The fraction of sp³-hybridized carbons (Fsp3) is 0.318. The van der Waals surface area contributed by atoms with Crippen molar-refractivity contribution in [1.82, 2.24) is 19.0 Å². The molecule has 3 heterocycles. The molecule has 0 bridgehead atoms. The summed E-state index contributed by atoms with van der Waals surface area (Å²) in [6.45, 7) is 1.27. The molecule has 0 radical (unpaired) electrons. The van der Waals surface area contributed by atoms with Crippen LogP contribution in [-0.2, 0) is 26.0 Å². The molecule has 0 saturated carbocycles. The molecule has 9 nitrogen and oxygen atoms in total. The maximum Gasteiger partial charge on any atom is 0.335 e. The smallest absolute Gasteiger partial charge is 0.283 e. The van der Waals surface area contributed by atoms with Crippen molar-refractivity contribution in [3.05, 3.63) is 63.7 Å². The standard InChI is InChI=1S/C22H24N4O5S2/c27-20-21(28)26(22(29)25(20)10-8-19-7-4-15-32-19)17-23-11-13-24(14-12-23)33(30,31)16-9-18-5-2-1-3-6-18/h1-7,9,15-16H,8,10-14,17H2/b16-9+. The summed E-state index contributed by atoms with van der Waals surface area (Å²) in [6, 6.07) is 12.3. The molecule has 1 aromatic carbocycles. The first-order valence-corrected chi connectivity index (χ1v) is 12.9. The van der Waals surface area contributed by atoms with Crippen molar-refractivity contribution < 1.29 is 22.8 Å². The Bertz CT molecular complexity index is 1140. The Balaban J connectivity index is 1.31. The Labute approximate surface area is 196 Å². The van der Waals surface area contributed by atoms with Crippen molar-refractivity contribution >= 4 is 45.3 Å². The molecule has 2 aliphatic heterocycles. The Morgan fingerprint density at radius 3 is 2.24 bits per heavy atom. The van der Waals surface area contributed by atoms with E-state index in [2.05, 4.69) is 0 Å². The van der Waals surface area contributed by atoms with Crippen LogP contribution in [0.3, 0.4) is 0 Å². The van der Waals surface area contributed by atoms with Gasteiger partial charge in [0.05, 0.1) is 6.67 Å². The first-order chi connectivity index (χ1) is 15.8. The second-order valence-electron chi connectivity index (χ2n) is 7.72. The van der Waals surface area contributed by atoms with Crippen LogP contribution in [0.2, 0.25) is 0 Å². The third kappa shape index (κ3) is 5.38. The summed E-state index contributed by atoms with van der Waals surface area (Å²) in [5.41, 5.74) is 0.791. The van der Waals surface area contributed by atoms with Gasteiger partial charge in [-0.05, 0) is 23.1 Å². The molecule has 0 aliphatic carbocycles. The number of rotatable bonds is 8. The van der Waals surface area contributed by atoms with Gasteiger partial charge in [-0.1, -0.05) is 36.4 Å². The number of piperazine rings is 1. The molecule has 2 aromatic rings. The van der Waals surface area contributed by atoms with Crippen LogP contribution in [0, 0.1) is 0 Å². The van der Waals surface area contributed by atoms with Crippen LogP contribution in [-0.4, -0.2) is 84.7 Å². The van der Waals surface area contributed by atoms with Crippen LogP contribution >= 0.6 is 11.3 Å². The first-order valence-electron chi connectivity index (χ1n) is 10.5. The topological polar surface area (TPSA) is 98.3 Å². The van der Waals surface area contributed by atoms with Crippen molar-refractivity contribution in [1.29, 1.82) is 0 Å². The van der Waals surface area contributed by atoms with Crippen LogP contribution in [0.1, 0.15) is 10.4 Å². The number of carbonyl (C=O) groups excluding carboxylic acids is 3. The summed E-state index contributed by atoms with van der Waals surface area (Å²) in [5, 5.41) is 3.10. The lowest BCUT2D eigenvalue weighted by Crippen LogP contribution is -2.52. The number of imide groups is 2. The number of hydrogen-bond donors (Lipinski definition) is 0. The normalized spacial score (nSPS) is 18.7. The largest absolute Gasteiger partial charge is 0.335 e. The highest BCUT2D eigenvalue weighted by atomic mass is 32.2. The molecule has 1 aromatic heterocycles. The molecule has 2 aliphatic rings. The number of thiophene rings is 1. The zero-order valence-corrected chi connectivity index (χ0v) is 19.5. The molecule has 0 N–H and O–H groups in total. The Morgan fingerprint density at radius 1 is 0.879 bits per heavy atom. The number of benzene rings is 1. The molecule has 2 saturated heterocycles. The quantitative estimate of drug-likeness (QED) is 0.414. The molecule has 4 rings (SSSR count). The summed E-state index contributed by atoms with van der Waals surface area (Å²) in [4.78, 5) is 42.1. The first kappa shape index (κ1) is 23.3. The number of hydrogen-bond acceptors (Lipinski definition) is 7. The molecule has 0 atom stereocenters. The van der Waals surface area contributed by atoms with Gasteiger partial charge in [0, 0.05) is 49.4 Å². The molecule has 0 spiro atoms. The number of nitrogens with zero attached hydrogens (tertiary/aromatic N) is 4. The maximum absolute atomic E-state index is 12.7. The SMILES string of the molecule is O=C1C(=O)N(CN2CCN(S(=O)(=O)/C=C/c3ccccc3)CC2)C(=O)N1CCc1cccs1. The van der Waals surface area contributed by atoms with Gasteiger partial charge in [-0.3, -0.25) is 19.4 Å². The summed E-state index contributed by atoms with van der Waals surface area (Å²) in [6.07, 6.45) is 2.06. The van der Waals surface area contributed by atoms with E-state index < -0.39 is 27.9 Å². The minimum Gasteiger partial charge on any atom is -0.283 e. The van der Waals surface area contributed by atoms with E-state index in [1.165, 1.54) is 21.1 Å². The highest BCUT2D eigenvalue weighted by molar-refractivity contribution is 7.92. The van der Waals surface area contributed by atoms with Gasteiger partial charge in [0.15, 0.2) is 0 Å². The van der Waals surface area contributed by atoms with E-state index in [9.17, 15) is 22.8 Å². The van der Waals surface area contributed by atoms with Gasteiger partial charge in [0.25, 0.3) is 0 Å². The molecular weight excluding hydrogens is 464 g/mol. The van der Waals surface area contributed by atoms with Crippen LogP contribution in [0.4, 0.5) is 4.79 Å². The second-order valence-corrected chi connectivity index (χ2v) is 10.6. The molecule has 11 heteroatoms. The average molecular weight is 489 g/mol. The monoisotopic (exact) mass is 488 g/mol. The number of sulfonamides is 1. The second kappa shape index (κ2) is 9.96. The van der Waals surface area contributed by atoms with E-state index in [0.29, 0.717) is 19.5 Å². The van der Waals surface area contributed by atoms with E-state index in [1.54, 1.807) is 11.0 Å². The fourth-order valence-electron chi connectivity index (χ4n) is 3.69. The van der Waals surface area contributed by atoms with E-state index in [4.69, 9.17) is 0 Å². The van der Waals surface area contributed by atoms with E-state index in [1.807, 2.05) is 47.8 Å². The van der Waals surface area contributed by atoms with Crippen LogP contribution < -0.4 is 0 Å². The van der Waals surface area contributed by atoms with Crippen molar-refractivity contribution in [2.45, 2.75) is 6.42 Å². The van der Waals surface area contributed by atoms with Gasteiger partial charge in [-0.15, -0.1) is 11.3 Å². The third-order valence-electron chi connectivity index (χ3n) is 5.56. The summed E-state index contributed by atoms with van der Waals surface area (Å²) in [5.74, 6) is -1.66. The minimum atomic E-state index is -3.58. The number of carbonyl (C=O) groups is 3. The third-order valence-corrected chi connectivity index (χ3v) is 8.06. The number of urea groups is 1. The average Bonchev–Trinajstić information content (AvgIpc) is 3.41. The van der Waals surface area contributed by atoms with Crippen molar-refractivity contribution in [2.24, 2.45) is 0 Å². The summed E-state index contributed by atoms with van der Waals surface area (Å²) in [7, 11) is -3.58. The molecular formula is C22H24N4O5S2. The van der Waals surface area contributed by atoms with E-state index in [0.717, 1.165) is 20.2 Å². The molecule has 2 fully saturated rings. The highest BCUT2D eigenvalue weighted by Crippen LogP contribution is 2.17. The van der Waals surface area contributed by atoms with Crippen molar-refractivity contribution in [3.8, 4) is 0 Å². The molecule has 33 heavy (non-hydrogen) atoms. The van der Waals surface area contributed by atoms with Gasteiger partial charge in [-0.25, -0.2) is 18.1 Å². The van der Waals surface area contributed by atoms with Gasteiger partial charge < -0.3 is 0 Å². The highest BCUT2D eigenvalue weighted by Gasteiger charge is 2.45. The van der Waals surface area contributed by atoms with Gasteiger partial charge in [0.1, 0.15) is 0 Å². The van der Waals surface area contributed by atoms with Gasteiger partial charge in [-0.2, -0.15) is 4.31 Å². The lowest BCUT2D eigenvalue weighted by atomic mass is 10.2. The summed E-state index contributed by atoms with van der Waals surface area (Å²) < 4.78 is 26.6. The molecule has 0 unspecified atom stereocenters. The van der Waals surface area contributed by atoms with E-state index in [-0.39, 0.29) is 26.3 Å². The lowest BCUT2D eigenvalue weighted by Gasteiger charge is -2.34. The lowest BCUT2D eigenvalue weighted by molar-refractivity contribution is -0.144. The van der Waals surface area contributed by atoms with Gasteiger partial charge >= 0.3 is 17.8 Å².